The molecule has 2 atom stereocenters. The lowest BCUT2D eigenvalue weighted by atomic mass is 10.00. The number of rotatable bonds is 7. The van der Waals surface area contributed by atoms with Gasteiger partial charge in [-0.25, -0.2) is 0 Å². The molecular weight excluding hydrogens is 492 g/mol. The number of likely N-dealkylation sites (tertiary alicyclic amines) is 1. The van der Waals surface area contributed by atoms with Crippen LogP contribution in [0.3, 0.4) is 0 Å². The normalized spacial score (nSPS) is 17.8. The predicted molar refractivity (Wildman–Crippen MR) is 132 cm³/mol. The van der Waals surface area contributed by atoms with E-state index in [2.05, 4.69) is 10.2 Å². The summed E-state index contributed by atoms with van der Waals surface area (Å²) in [5.74, 6) is -4.28. The van der Waals surface area contributed by atoms with Crippen LogP contribution in [-0.2, 0) is 17.8 Å². The van der Waals surface area contributed by atoms with Crippen LogP contribution in [0.1, 0.15) is 30.2 Å². The van der Waals surface area contributed by atoms with Crippen molar-refractivity contribution in [1.29, 1.82) is 0 Å². The average Bonchev–Trinajstić information content (AvgIpc) is 3.50. The topological polar surface area (TPSA) is 76.0 Å². The van der Waals surface area contributed by atoms with Gasteiger partial charge in [-0.3, -0.25) is 4.79 Å². The first-order valence-corrected chi connectivity index (χ1v) is 12.4. The second-order valence-electron chi connectivity index (χ2n) is 9.30. The highest BCUT2D eigenvalue weighted by Gasteiger charge is 2.45. The molecule has 7 nitrogen and oxygen atoms in total. The number of fused-ring (bicyclic) bond motifs is 2. The Hall–Kier alpha value is -2.88. The van der Waals surface area contributed by atoms with Gasteiger partial charge in [-0.05, 0) is 67.9 Å². The number of halogens is 3. The number of carbonyl (C=O) groups is 1. The zero-order valence-corrected chi connectivity index (χ0v) is 20.6. The SMILES string of the molecule is Cn1c(C(F)(F)C(=O)NC(CN2CCCC2)C(O)c2ccc3c(c2)OCCO3)cc2cc(Cl)ccc21. The molecule has 10 heteroatoms. The summed E-state index contributed by atoms with van der Waals surface area (Å²) in [5.41, 5.74) is 0.532. The Morgan fingerprint density at radius 2 is 1.83 bits per heavy atom. The quantitative estimate of drug-likeness (QED) is 0.493. The van der Waals surface area contributed by atoms with E-state index < -0.39 is 29.7 Å². The van der Waals surface area contributed by atoms with E-state index in [1.807, 2.05) is 0 Å². The van der Waals surface area contributed by atoms with Gasteiger partial charge in [0.15, 0.2) is 11.5 Å². The molecule has 2 unspecified atom stereocenters. The summed E-state index contributed by atoms with van der Waals surface area (Å²) in [6, 6.07) is 10.1. The first-order chi connectivity index (χ1) is 17.2. The summed E-state index contributed by atoms with van der Waals surface area (Å²) in [6.45, 7) is 2.60. The number of aliphatic hydroxyl groups is 1. The lowest BCUT2D eigenvalue weighted by Crippen LogP contribution is -2.51. The van der Waals surface area contributed by atoms with Crippen LogP contribution in [0, 0.1) is 0 Å². The fourth-order valence-electron chi connectivity index (χ4n) is 4.94. The molecular formula is C26H28ClF2N3O4. The van der Waals surface area contributed by atoms with Crippen LogP contribution >= 0.6 is 11.6 Å². The largest absolute Gasteiger partial charge is 0.486 e. The van der Waals surface area contributed by atoms with Crippen molar-refractivity contribution in [3.8, 4) is 11.5 Å². The Bertz CT molecular complexity index is 1280. The molecule has 2 aromatic carbocycles. The van der Waals surface area contributed by atoms with Crippen LogP contribution in [-0.4, -0.2) is 59.4 Å². The number of hydrogen-bond acceptors (Lipinski definition) is 5. The highest BCUT2D eigenvalue weighted by molar-refractivity contribution is 6.31. The molecule has 1 fully saturated rings. The summed E-state index contributed by atoms with van der Waals surface area (Å²) in [6.07, 6.45) is 0.734. The van der Waals surface area contributed by atoms with E-state index in [4.69, 9.17) is 21.1 Å². The van der Waals surface area contributed by atoms with Gasteiger partial charge in [-0.15, -0.1) is 0 Å². The molecule has 0 radical (unpaired) electrons. The Kier molecular flexibility index (Phi) is 6.80. The van der Waals surface area contributed by atoms with E-state index in [1.165, 1.54) is 17.7 Å². The Morgan fingerprint density at radius 3 is 2.58 bits per heavy atom. The van der Waals surface area contributed by atoms with E-state index in [-0.39, 0.29) is 6.54 Å². The van der Waals surface area contributed by atoms with Crippen LogP contribution in [0.15, 0.2) is 42.5 Å². The molecule has 5 rings (SSSR count). The Balaban J connectivity index is 1.42. The van der Waals surface area contributed by atoms with E-state index >= 15 is 8.78 Å². The van der Waals surface area contributed by atoms with E-state index in [0.29, 0.717) is 46.2 Å². The number of aromatic nitrogens is 1. The van der Waals surface area contributed by atoms with Crippen LogP contribution in [0.2, 0.25) is 5.02 Å². The van der Waals surface area contributed by atoms with Gasteiger partial charge < -0.3 is 29.4 Å². The third-order valence-corrected chi connectivity index (χ3v) is 7.11. The number of carbonyl (C=O) groups excluding carboxylic acids is 1. The molecule has 1 amide bonds. The maximum atomic E-state index is 15.5. The minimum absolute atomic E-state index is 0.238. The molecule has 2 N–H and O–H groups in total. The van der Waals surface area contributed by atoms with Crippen LogP contribution < -0.4 is 14.8 Å². The van der Waals surface area contributed by atoms with E-state index in [0.717, 1.165) is 25.9 Å². The van der Waals surface area contributed by atoms with Crippen molar-refractivity contribution in [1.82, 2.24) is 14.8 Å². The number of alkyl halides is 2. The molecule has 0 bridgehead atoms. The van der Waals surface area contributed by atoms with Crippen molar-refractivity contribution in [2.75, 3.05) is 32.8 Å². The van der Waals surface area contributed by atoms with Gasteiger partial charge in [0.1, 0.15) is 19.3 Å². The van der Waals surface area contributed by atoms with Gasteiger partial charge >= 0.3 is 5.92 Å². The third-order valence-electron chi connectivity index (χ3n) is 6.87. The second kappa shape index (κ2) is 9.88. The van der Waals surface area contributed by atoms with Crippen LogP contribution in [0.4, 0.5) is 8.78 Å². The van der Waals surface area contributed by atoms with Crippen molar-refractivity contribution in [3.05, 3.63) is 58.7 Å². The number of aryl methyl sites for hydroxylation is 1. The number of aliphatic hydroxyl groups excluding tert-OH is 1. The zero-order valence-electron chi connectivity index (χ0n) is 19.8. The smallest absolute Gasteiger partial charge is 0.364 e. The molecule has 1 saturated heterocycles. The molecule has 3 heterocycles. The molecule has 192 valence electrons. The molecule has 2 aliphatic rings. The highest BCUT2D eigenvalue weighted by atomic mass is 35.5. The second-order valence-corrected chi connectivity index (χ2v) is 9.74. The van der Waals surface area contributed by atoms with Gasteiger partial charge in [-0.1, -0.05) is 17.7 Å². The Morgan fingerprint density at radius 1 is 1.11 bits per heavy atom. The lowest BCUT2D eigenvalue weighted by molar-refractivity contribution is -0.149. The molecule has 2 aliphatic heterocycles. The average molecular weight is 520 g/mol. The number of nitrogens with one attached hydrogen (secondary N) is 1. The van der Waals surface area contributed by atoms with E-state index in [1.54, 1.807) is 36.4 Å². The Labute approximate surface area is 212 Å². The number of nitrogens with zero attached hydrogens (tertiary/aromatic N) is 2. The number of hydrogen-bond donors (Lipinski definition) is 2. The zero-order chi connectivity index (χ0) is 25.4. The summed E-state index contributed by atoms with van der Waals surface area (Å²) >= 11 is 6.02. The minimum atomic E-state index is -3.84. The lowest BCUT2D eigenvalue weighted by Gasteiger charge is -2.30. The summed E-state index contributed by atoms with van der Waals surface area (Å²) in [4.78, 5) is 15.1. The predicted octanol–water partition coefficient (Wildman–Crippen LogP) is 4.01. The maximum Gasteiger partial charge on any atom is 0.364 e. The maximum absolute atomic E-state index is 15.5. The molecule has 1 aromatic heterocycles. The number of ether oxygens (including phenoxy) is 2. The number of benzene rings is 2. The molecule has 0 spiro atoms. The monoisotopic (exact) mass is 519 g/mol. The van der Waals surface area contributed by atoms with Crippen molar-refractivity contribution in [2.24, 2.45) is 7.05 Å². The first-order valence-electron chi connectivity index (χ1n) is 12.0. The van der Waals surface area contributed by atoms with E-state index in [9.17, 15) is 9.90 Å². The fourth-order valence-corrected chi connectivity index (χ4v) is 5.12. The molecule has 3 aromatic rings. The van der Waals surface area contributed by atoms with Crippen molar-refractivity contribution >= 4 is 28.4 Å². The standard InChI is InChI=1S/C26H28ClF2N3O4/c1-31-20-6-5-18(27)12-17(20)14-23(31)26(28,29)25(34)30-19(15-32-8-2-3-9-32)24(33)16-4-7-21-22(13-16)36-11-10-35-21/h4-7,12-14,19,24,33H,2-3,8-11,15H2,1H3,(H,30,34). The van der Waals surface area contributed by atoms with Crippen LogP contribution in [0.5, 0.6) is 11.5 Å². The van der Waals surface area contributed by atoms with Crippen LogP contribution in [0.25, 0.3) is 10.9 Å². The van der Waals surface area contributed by atoms with Gasteiger partial charge in [-0.2, -0.15) is 8.78 Å². The summed E-state index contributed by atoms with van der Waals surface area (Å²) < 4.78 is 43.5. The molecule has 0 aliphatic carbocycles. The highest BCUT2D eigenvalue weighted by Crippen LogP contribution is 2.36. The van der Waals surface area contributed by atoms with Gasteiger partial charge in [0.2, 0.25) is 0 Å². The van der Waals surface area contributed by atoms with Gasteiger partial charge in [0.05, 0.1) is 11.7 Å². The first kappa shape index (κ1) is 24.8. The van der Waals surface area contributed by atoms with Crippen molar-refractivity contribution in [3.63, 3.8) is 0 Å². The summed E-state index contributed by atoms with van der Waals surface area (Å²) in [7, 11) is 1.48. The summed E-state index contributed by atoms with van der Waals surface area (Å²) in [5, 5.41) is 14.6. The fraction of sp³-hybridized carbons (Fsp3) is 0.423. The van der Waals surface area contributed by atoms with Gasteiger partial charge in [0.25, 0.3) is 5.91 Å². The third kappa shape index (κ3) is 4.75. The molecule has 0 saturated carbocycles. The number of amides is 1. The van der Waals surface area contributed by atoms with Crippen molar-refractivity contribution in [2.45, 2.75) is 30.9 Å². The van der Waals surface area contributed by atoms with Crippen molar-refractivity contribution < 1.29 is 28.2 Å². The minimum Gasteiger partial charge on any atom is -0.486 e. The van der Waals surface area contributed by atoms with Gasteiger partial charge in [0, 0.05) is 29.5 Å². The molecule has 36 heavy (non-hydrogen) atoms.